The number of ether oxygens (including phenoxy) is 1. The zero-order valence-corrected chi connectivity index (χ0v) is 20.7. The SMILES string of the molecule is CC(Oc1cccc(Cl)c1)C1CC[C@H]2[C@@H]3C(C)CC4SC(=O)C=C[C@]4(C)[C@@H]3CC[C@]12C. The van der Waals surface area contributed by atoms with Crippen LogP contribution in [-0.4, -0.2) is 16.5 Å². The summed E-state index contributed by atoms with van der Waals surface area (Å²) in [5.74, 6) is 4.35. The van der Waals surface area contributed by atoms with Crippen molar-refractivity contribution in [3.05, 3.63) is 41.4 Å². The molecule has 9 atom stereocenters. The van der Waals surface area contributed by atoms with Crippen LogP contribution in [0.3, 0.4) is 0 Å². The Morgan fingerprint density at radius 3 is 2.77 bits per heavy atom. The summed E-state index contributed by atoms with van der Waals surface area (Å²) < 4.78 is 6.44. The van der Waals surface area contributed by atoms with Crippen LogP contribution in [0, 0.1) is 40.4 Å². The van der Waals surface area contributed by atoms with Crippen molar-refractivity contribution in [2.45, 2.75) is 71.2 Å². The topological polar surface area (TPSA) is 26.3 Å². The fraction of sp³-hybridized carbons (Fsp3) is 0.667. The second-order valence-corrected chi connectivity index (χ2v) is 12.8. The first-order valence-electron chi connectivity index (χ1n) is 12.0. The van der Waals surface area contributed by atoms with Gasteiger partial charge in [0, 0.05) is 21.6 Å². The lowest BCUT2D eigenvalue weighted by molar-refractivity contribution is -0.108. The zero-order valence-electron chi connectivity index (χ0n) is 19.1. The van der Waals surface area contributed by atoms with Crippen molar-refractivity contribution in [1.82, 2.24) is 0 Å². The third-order valence-corrected chi connectivity index (χ3v) is 11.3. The maximum absolute atomic E-state index is 12.1. The van der Waals surface area contributed by atoms with Gasteiger partial charge in [-0.2, -0.15) is 0 Å². The van der Waals surface area contributed by atoms with E-state index in [1.807, 2.05) is 30.3 Å². The highest BCUT2D eigenvalue weighted by Gasteiger charge is 2.62. The lowest BCUT2D eigenvalue weighted by Crippen LogP contribution is -2.56. The van der Waals surface area contributed by atoms with Gasteiger partial charge >= 0.3 is 0 Å². The third kappa shape index (κ3) is 3.50. The molecule has 4 aliphatic rings. The van der Waals surface area contributed by atoms with Crippen molar-refractivity contribution >= 4 is 28.5 Å². The Morgan fingerprint density at radius 2 is 2.00 bits per heavy atom. The molecule has 3 fully saturated rings. The van der Waals surface area contributed by atoms with Crippen LogP contribution < -0.4 is 4.74 Å². The molecule has 31 heavy (non-hydrogen) atoms. The number of benzene rings is 1. The maximum Gasteiger partial charge on any atom is 0.212 e. The van der Waals surface area contributed by atoms with Gasteiger partial charge in [0.25, 0.3) is 0 Å². The largest absolute Gasteiger partial charge is 0.490 e. The first-order valence-corrected chi connectivity index (χ1v) is 13.3. The van der Waals surface area contributed by atoms with E-state index in [9.17, 15) is 4.79 Å². The summed E-state index contributed by atoms with van der Waals surface area (Å²) in [6, 6.07) is 7.82. The Kier molecular flexibility index (Phi) is 5.53. The van der Waals surface area contributed by atoms with Gasteiger partial charge in [-0.25, -0.2) is 0 Å². The number of carbonyl (C=O) groups excluding carboxylic acids is 1. The summed E-state index contributed by atoms with van der Waals surface area (Å²) in [4.78, 5) is 12.1. The summed E-state index contributed by atoms with van der Waals surface area (Å²) in [6.45, 7) is 9.72. The molecule has 0 N–H and O–H groups in total. The lowest BCUT2D eigenvalue weighted by atomic mass is 9.46. The summed E-state index contributed by atoms with van der Waals surface area (Å²) in [6.07, 6.45) is 10.6. The van der Waals surface area contributed by atoms with E-state index in [1.54, 1.807) is 11.8 Å². The normalized spacial score (nSPS) is 44.9. The van der Waals surface area contributed by atoms with Crippen LogP contribution >= 0.6 is 23.4 Å². The van der Waals surface area contributed by atoms with Gasteiger partial charge in [0.2, 0.25) is 5.12 Å². The molecule has 1 aromatic rings. The van der Waals surface area contributed by atoms with Gasteiger partial charge in [-0.1, -0.05) is 56.3 Å². The quantitative estimate of drug-likeness (QED) is 0.471. The molecule has 4 unspecified atom stereocenters. The van der Waals surface area contributed by atoms with Gasteiger partial charge in [0.15, 0.2) is 0 Å². The van der Waals surface area contributed by atoms with Gasteiger partial charge in [-0.3, -0.25) is 4.79 Å². The third-order valence-electron chi connectivity index (χ3n) is 9.66. The molecule has 168 valence electrons. The van der Waals surface area contributed by atoms with Crippen LogP contribution in [0.4, 0.5) is 0 Å². The summed E-state index contributed by atoms with van der Waals surface area (Å²) in [5.41, 5.74) is 0.496. The number of hydrogen-bond acceptors (Lipinski definition) is 3. The number of thioether (sulfide) groups is 1. The fourth-order valence-corrected chi connectivity index (χ4v) is 9.70. The second kappa shape index (κ2) is 7.83. The molecule has 0 amide bonds. The number of allylic oxidation sites excluding steroid dienone is 1. The average molecular weight is 459 g/mol. The standard InChI is InChI=1S/C27H35ClO2S/c1-16-14-23-27(4,13-11-24(29)31-23)22-10-12-26(3)20(8-9-21(26)25(16)22)17(2)30-19-7-5-6-18(28)15-19/h5-7,11,13,15-17,20-23,25H,8-10,12,14H2,1-4H3/t16?,17?,20?,21-,22+,23?,25-,26+,27+/m0/s1. The van der Waals surface area contributed by atoms with E-state index in [-0.39, 0.29) is 16.6 Å². The predicted molar refractivity (Wildman–Crippen MR) is 129 cm³/mol. The minimum absolute atomic E-state index is 0.165. The van der Waals surface area contributed by atoms with E-state index in [0.717, 1.165) is 22.6 Å². The number of carbonyl (C=O) groups is 1. The predicted octanol–water partition coefficient (Wildman–Crippen LogP) is 7.41. The number of halogens is 1. The van der Waals surface area contributed by atoms with Crippen molar-refractivity contribution in [2.75, 3.05) is 0 Å². The molecule has 3 saturated carbocycles. The summed E-state index contributed by atoms with van der Waals surface area (Å²) in [7, 11) is 0. The zero-order chi connectivity index (χ0) is 22.0. The van der Waals surface area contributed by atoms with Crippen molar-refractivity contribution in [2.24, 2.45) is 40.4 Å². The molecule has 1 aromatic carbocycles. The van der Waals surface area contributed by atoms with Gasteiger partial charge in [0.1, 0.15) is 5.75 Å². The number of fused-ring (bicyclic) bond motifs is 5. The molecular formula is C27H35ClO2S. The molecule has 0 aromatic heterocycles. The second-order valence-electron chi connectivity index (χ2n) is 11.1. The first-order chi connectivity index (χ1) is 14.7. The number of rotatable bonds is 3. The van der Waals surface area contributed by atoms with E-state index in [2.05, 4.69) is 33.8 Å². The van der Waals surface area contributed by atoms with Crippen LogP contribution in [0.1, 0.15) is 59.8 Å². The van der Waals surface area contributed by atoms with E-state index < -0.39 is 0 Å². The molecule has 0 saturated heterocycles. The van der Waals surface area contributed by atoms with Crippen molar-refractivity contribution in [3.63, 3.8) is 0 Å². The molecule has 0 radical (unpaired) electrons. The Bertz CT molecular complexity index is 899. The average Bonchev–Trinajstić information content (AvgIpc) is 3.06. The van der Waals surface area contributed by atoms with Gasteiger partial charge in [0.05, 0.1) is 6.10 Å². The Morgan fingerprint density at radius 1 is 1.19 bits per heavy atom. The molecule has 0 bridgehead atoms. The van der Waals surface area contributed by atoms with Gasteiger partial charge < -0.3 is 4.74 Å². The molecule has 3 aliphatic carbocycles. The van der Waals surface area contributed by atoms with E-state index >= 15 is 0 Å². The molecule has 5 rings (SSSR count). The van der Waals surface area contributed by atoms with E-state index in [1.165, 1.54) is 32.1 Å². The molecular weight excluding hydrogens is 424 g/mol. The smallest absolute Gasteiger partial charge is 0.212 e. The maximum atomic E-state index is 12.1. The minimum atomic E-state index is 0.165. The molecule has 0 spiro atoms. The summed E-state index contributed by atoms with van der Waals surface area (Å²) in [5, 5.41) is 1.44. The van der Waals surface area contributed by atoms with Crippen molar-refractivity contribution in [3.8, 4) is 5.75 Å². The van der Waals surface area contributed by atoms with E-state index in [4.69, 9.17) is 16.3 Å². The molecule has 4 heteroatoms. The van der Waals surface area contributed by atoms with Crippen LogP contribution in [0.5, 0.6) is 5.75 Å². The van der Waals surface area contributed by atoms with Crippen LogP contribution in [-0.2, 0) is 4.79 Å². The van der Waals surface area contributed by atoms with Crippen molar-refractivity contribution < 1.29 is 9.53 Å². The minimum Gasteiger partial charge on any atom is -0.490 e. The van der Waals surface area contributed by atoms with E-state index in [0.29, 0.717) is 28.4 Å². The fourth-order valence-electron chi connectivity index (χ4n) is 8.18. The Labute approximate surface area is 196 Å². The van der Waals surface area contributed by atoms with Crippen LogP contribution in [0.15, 0.2) is 36.4 Å². The molecule has 2 nitrogen and oxygen atoms in total. The monoisotopic (exact) mass is 458 g/mol. The highest BCUT2D eigenvalue weighted by atomic mass is 35.5. The number of hydrogen-bond donors (Lipinski definition) is 0. The van der Waals surface area contributed by atoms with Crippen molar-refractivity contribution in [1.29, 1.82) is 0 Å². The molecule has 1 aliphatic heterocycles. The lowest BCUT2D eigenvalue weighted by Gasteiger charge is -2.60. The highest BCUT2D eigenvalue weighted by molar-refractivity contribution is 8.14. The Hall–Kier alpha value is -0.930. The van der Waals surface area contributed by atoms with Crippen LogP contribution in [0.25, 0.3) is 0 Å². The van der Waals surface area contributed by atoms with Gasteiger partial charge in [-0.05, 0) is 92.4 Å². The van der Waals surface area contributed by atoms with Crippen LogP contribution in [0.2, 0.25) is 5.02 Å². The highest BCUT2D eigenvalue weighted by Crippen LogP contribution is 2.68. The van der Waals surface area contributed by atoms with Gasteiger partial charge in [-0.15, -0.1) is 0 Å². The Balaban J connectivity index is 1.39. The molecule has 1 heterocycles. The first kappa shape index (κ1) is 21.9. The summed E-state index contributed by atoms with van der Waals surface area (Å²) >= 11 is 7.79.